The second-order valence-electron chi connectivity index (χ2n) is 7.45. The topological polar surface area (TPSA) is 62.3 Å². The highest BCUT2D eigenvalue weighted by Crippen LogP contribution is 2.35. The average Bonchev–Trinajstić information content (AvgIpc) is 3.16. The minimum atomic E-state index is -0.240. The van der Waals surface area contributed by atoms with Gasteiger partial charge in [-0.25, -0.2) is 0 Å². The summed E-state index contributed by atoms with van der Waals surface area (Å²) in [5.41, 5.74) is 3.21. The van der Waals surface area contributed by atoms with Crippen LogP contribution in [-0.2, 0) is 22.6 Å². The number of fused-ring (bicyclic) bond motifs is 1. The van der Waals surface area contributed by atoms with Crippen molar-refractivity contribution in [1.82, 2.24) is 10.3 Å². The number of benzene rings is 1. The fraction of sp³-hybridized carbons (Fsp3) is 0.409. The molecular weight excluding hydrogens is 338 g/mol. The maximum Gasteiger partial charge on any atom is 0.230 e. The lowest BCUT2D eigenvalue weighted by molar-refractivity contribution is -0.135. The van der Waals surface area contributed by atoms with Gasteiger partial charge in [0.25, 0.3) is 0 Å². The van der Waals surface area contributed by atoms with Crippen LogP contribution < -0.4 is 10.2 Å². The highest BCUT2D eigenvalue weighted by molar-refractivity contribution is 5.99. The summed E-state index contributed by atoms with van der Waals surface area (Å²) in [5, 5.41) is 3.01. The zero-order chi connectivity index (χ0) is 18.6. The highest BCUT2D eigenvalue weighted by atomic mass is 16.2. The van der Waals surface area contributed by atoms with E-state index in [1.807, 2.05) is 35.2 Å². The zero-order valence-electron chi connectivity index (χ0n) is 15.4. The molecular formula is C22H25N3O2. The minimum absolute atomic E-state index is 0.00983. The number of rotatable bonds is 4. The molecule has 1 aliphatic carbocycles. The summed E-state index contributed by atoms with van der Waals surface area (Å²) in [6.45, 7) is 1.18. The maximum atomic E-state index is 13.3. The molecule has 5 nitrogen and oxygen atoms in total. The Kier molecular flexibility index (Phi) is 5.19. The SMILES string of the molecule is O=C(NCc1cccnc1)[C@H]1CCCC[C@@H]1C(=O)N1CCc2ccccc21. The molecule has 1 fully saturated rings. The first kappa shape index (κ1) is 17.7. The molecule has 1 aromatic heterocycles. The van der Waals surface area contributed by atoms with Gasteiger partial charge in [0, 0.05) is 37.1 Å². The lowest BCUT2D eigenvalue weighted by Crippen LogP contribution is -2.45. The Balaban J connectivity index is 1.46. The van der Waals surface area contributed by atoms with E-state index in [4.69, 9.17) is 0 Å². The van der Waals surface area contributed by atoms with Gasteiger partial charge >= 0.3 is 0 Å². The number of nitrogens with one attached hydrogen (secondary N) is 1. The maximum absolute atomic E-state index is 13.3. The van der Waals surface area contributed by atoms with E-state index in [1.165, 1.54) is 5.56 Å². The van der Waals surface area contributed by atoms with Crippen molar-refractivity contribution in [3.63, 3.8) is 0 Å². The van der Waals surface area contributed by atoms with Crippen LogP contribution in [-0.4, -0.2) is 23.3 Å². The molecule has 2 aliphatic rings. The van der Waals surface area contributed by atoms with E-state index in [1.54, 1.807) is 12.4 Å². The van der Waals surface area contributed by atoms with Gasteiger partial charge in [-0.15, -0.1) is 0 Å². The molecule has 0 spiro atoms. The van der Waals surface area contributed by atoms with Crippen LogP contribution in [0.3, 0.4) is 0 Å². The first-order chi connectivity index (χ1) is 13.2. The quantitative estimate of drug-likeness (QED) is 0.908. The number of hydrogen-bond donors (Lipinski definition) is 1. The van der Waals surface area contributed by atoms with Crippen LogP contribution in [0, 0.1) is 11.8 Å². The number of carbonyl (C=O) groups excluding carboxylic acids is 2. The number of hydrogen-bond acceptors (Lipinski definition) is 3. The number of nitrogens with zero attached hydrogens (tertiary/aromatic N) is 2. The molecule has 2 heterocycles. The molecule has 0 bridgehead atoms. The zero-order valence-corrected chi connectivity index (χ0v) is 15.4. The van der Waals surface area contributed by atoms with Gasteiger partial charge in [0.2, 0.25) is 11.8 Å². The summed E-state index contributed by atoms with van der Waals surface area (Å²) in [5.74, 6) is -0.361. The third kappa shape index (κ3) is 3.72. The van der Waals surface area contributed by atoms with E-state index in [2.05, 4.69) is 16.4 Å². The van der Waals surface area contributed by atoms with E-state index < -0.39 is 0 Å². The molecule has 2 atom stereocenters. The van der Waals surface area contributed by atoms with Crippen molar-refractivity contribution in [2.75, 3.05) is 11.4 Å². The summed E-state index contributed by atoms with van der Waals surface area (Å²) < 4.78 is 0. The summed E-state index contributed by atoms with van der Waals surface area (Å²) in [6.07, 6.45) is 7.96. The minimum Gasteiger partial charge on any atom is -0.352 e. The predicted octanol–water partition coefficient (Wildman–Crippen LogP) is 3.09. The van der Waals surface area contributed by atoms with Gasteiger partial charge in [-0.2, -0.15) is 0 Å². The molecule has 1 saturated carbocycles. The highest BCUT2D eigenvalue weighted by Gasteiger charge is 2.39. The summed E-state index contributed by atoms with van der Waals surface area (Å²) in [6, 6.07) is 11.9. The van der Waals surface area contributed by atoms with Crippen LogP contribution in [0.15, 0.2) is 48.8 Å². The van der Waals surface area contributed by atoms with Crippen molar-refractivity contribution in [1.29, 1.82) is 0 Å². The van der Waals surface area contributed by atoms with Crippen LogP contribution in [0.2, 0.25) is 0 Å². The van der Waals surface area contributed by atoms with Gasteiger partial charge in [-0.05, 0) is 42.5 Å². The van der Waals surface area contributed by atoms with Crippen molar-refractivity contribution in [3.8, 4) is 0 Å². The van der Waals surface area contributed by atoms with Crippen molar-refractivity contribution >= 4 is 17.5 Å². The fourth-order valence-electron chi connectivity index (χ4n) is 4.33. The number of carbonyl (C=O) groups is 2. The monoisotopic (exact) mass is 363 g/mol. The van der Waals surface area contributed by atoms with Gasteiger partial charge in [0.05, 0.1) is 5.92 Å². The van der Waals surface area contributed by atoms with Crippen LogP contribution in [0.1, 0.15) is 36.8 Å². The predicted molar refractivity (Wildman–Crippen MR) is 104 cm³/mol. The van der Waals surface area contributed by atoms with E-state index in [0.717, 1.165) is 49.9 Å². The van der Waals surface area contributed by atoms with Gasteiger partial charge in [-0.1, -0.05) is 37.1 Å². The number of aromatic nitrogens is 1. The van der Waals surface area contributed by atoms with Gasteiger partial charge in [0.15, 0.2) is 0 Å². The molecule has 1 aliphatic heterocycles. The normalized spacial score (nSPS) is 21.6. The molecule has 0 radical (unpaired) electrons. The van der Waals surface area contributed by atoms with E-state index >= 15 is 0 Å². The van der Waals surface area contributed by atoms with Gasteiger partial charge in [-0.3, -0.25) is 14.6 Å². The molecule has 27 heavy (non-hydrogen) atoms. The van der Waals surface area contributed by atoms with Gasteiger partial charge < -0.3 is 10.2 Å². The molecule has 2 amide bonds. The van der Waals surface area contributed by atoms with Crippen LogP contribution >= 0.6 is 0 Å². The van der Waals surface area contributed by atoms with E-state index in [9.17, 15) is 9.59 Å². The summed E-state index contributed by atoms with van der Waals surface area (Å²) >= 11 is 0. The largest absolute Gasteiger partial charge is 0.352 e. The lowest BCUT2D eigenvalue weighted by atomic mass is 9.77. The third-order valence-corrected chi connectivity index (χ3v) is 5.76. The van der Waals surface area contributed by atoms with Crippen molar-refractivity contribution in [3.05, 3.63) is 59.9 Å². The van der Waals surface area contributed by atoms with Crippen LogP contribution in [0.5, 0.6) is 0 Å². The number of amides is 2. The molecule has 0 saturated heterocycles. The molecule has 5 heteroatoms. The Labute approximate surface area is 159 Å². The summed E-state index contributed by atoms with van der Waals surface area (Å²) in [4.78, 5) is 32.1. The molecule has 0 unspecified atom stereocenters. The molecule has 4 rings (SSSR count). The first-order valence-electron chi connectivity index (χ1n) is 9.80. The molecule has 1 N–H and O–H groups in total. The van der Waals surface area contributed by atoms with Gasteiger partial charge in [0.1, 0.15) is 0 Å². The smallest absolute Gasteiger partial charge is 0.230 e. The second kappa shape index (κ2) is 7.91. The standard InChI is InChI=1S/C22H25N3O2/c26-21(24-15-16-6-5-12-23-14-16)18-8-2-3-9-19(18)22(27)25-13-11-17-7-1-4-10-20(17)25/h1,4-7,10,12,14,18-19H,2-3,8-9,11,13,15H2,(H,24,26)/t18-,19-/m0/s1. The van der Waals surface area contributed by atoms with Crippen LogP contribution in [0.25, 0.3) is 0 Å². The molecule has 2 aromatic rings. The van der Waals surface area contributed by atoms with E-state index in [-0.39, 0.29) is 23.7 Å². The fourth-order valence-corrected chi connectivity index (χ4v) is 4.33. The first-order valence-corrected chi connectivity index (χ1v) is 9.80. The van der Waals surface area contributed by atoms with Crippen LogP contribution in [0.4, 0.5) is 5.69 Å². The Morgan fingerprint density at radius 3 is 2.70 bits per heavy atom. The number of pyridine rings is 1. The van der Waals surface area contributed by atoms with Crippen molar-refractivity contribution < 1.29 is 9.59 Å². The molecule has 140 valence electrons. The molecule has 1 aromatic carbocycles. The number of para-hydroxylation sites is 1. The summed E-state index contributed by atoms with van der Waals surface area (Å²) in [7, 11) is 0. The third-order valence-electron chi connectivity index (χ3n) is 5.76. The Hall–Kier alpha value is -2.69. The lowest BCUT2D eigenvalue weighted by Gasteiger charge is -2.32. The van der Waals surface area contributed by atoms with E-state index in [0.29, 0.717) is 6.54 Å². The van der Waals surface area contributed by atoms with Crippen molar-refractivity contribution in [2.45, 2.75) is 38.6 Å². The average molecular weight is 363 g/mol. The Bertz CT molecular complexity index is 821. The number of anilines is 1. The Morgan fingerprint density at radius 1 is 1.07 bits per heavy atom. The Morgan fingerprint density at radius 2 is 1.89 bits per heavy atom. The van der Waals surface area contributed by atoms with Crippen molar-refractivity contribution in [2.24, 2.45) is 11.8 Å². The second-order valence-corrected chi connectivity index (χ2v) is 7.45.